The summed E-state index contributed by atoms with van der Waals surface area (Å²) in [6.07, 6.45) is 5.21. The highest BCUT2D eigenvalue weighted by atomic mass is 32.1. The number of piperidine rings is 1. The van der Waals surface area contributed by atoms with Crippen molar-refractivity contribution in [2.24, 2.45) is 5.92 Å². The van der Waals surface area contributed by atoms with Gasteiger partial charge >= 0.3 is 0 Å². The van der Waals surface area contributed by atoms with Gasteiger partial charge in [0, 0.05) is 25.7 Å². The zero-order valence-electron chi connectivity index (χ0n) is 12.6. The molecule has 0 spiro atoms. The van der Waals surface area contributed by atoms with Gasteiger partial charge in [0.1, 0.15) is 0 Å². The summed E-state index contributed by atoms with van der Waals surface area (Å²) in [5.74, 6) is 0.749. The van der Waals surface area contributed by atoms with Gasteiger partial charge in [-0.2, -0.15) is 12.6 Å². The number of ether oxygens (including phenoxy) is 1. The standard InChI is InChI=1S/C15H31NOS/c1-12(2)14(4)16-9-7-15(8-10-16)17-11-5-6-13(3)18/h12-15,18H,5-11H2,1-4H3/t13?,14-/m0/s1. The largest absolute Gasteiger partial charge is 0.378 e. The molecule has 0 aromatic rings. The number of hydrogen-bond acceptors (Lipinski definition) is 3. The van der Waals surface area contributed by atoms with Crippen molar-refractivity contribution in [2.75, 3.05) is 19.7 Å². The summed E-state index contributed by atoms with van der Waals surface area (Å²) in [4.78, 5) is 2.61. The molecule has 1 aliphatic heterocycles. The molecule has 18 heavy (non-hydrogen) atoms. The van der Waals surface area contributed by atoms with E-state index in [1.54, 1.807) is 0 Å². The molecule has 0 aromatic carbocycles. The van der Waals surface area contributed by atoms with Gasteiger partial charge < -0.3 is 9.64 Å². The van der Waals surface area contributed by atoms with Crippen molar-refractivity contribution in [1.82, 2.24) is 4.90 Å². The first-order valence-corrected chi connectivity index (χ1v) is 8.06. The van der Waals surface area contributed by atoms with Gasteiger partial charge in [0.15, 0.2) is 0 Å². The molecule has 1 fully saturated rings. The molecule has 0 aliphatic carbocycles. The highest BCUT2D eigenvalue weighted by molar-refractivity contribution is 7.80. The molecular weight excluding hydrogens is 242 g/mol. The predicted molar refractivity (Wildman–Crippen MR) is 82.5 cm³/mol. The number of nitrogens with zero attached hydrogens (tertiary/aromatic N) is 1. The van der Waals surface area contributed by atoms with Gasteiger partial charge in [-0.05, 0) is 43.8 Å². The van der Waals surface area contributed by atoms with Crippen LogP contribution < -0.4 is 0 Å². The fourth-order valence-corrected chi connectivity index (χ4v) is 2.68. The van der Waals surface area contributed by atoms with Crippen molar-refractivity contribution in [3.63, 3.8) is 0 Å². The van der Waals surface area contributed by atoms with Crippen LogP contribution in [0, 0.1) is 5.92 Å². The first kappa shape index (κ1) is 16.3. The summed E-state index contributed by atoms with van der Waals surface area (Å²) in [5.41, 5.74) is 0. The van der Waals surface area contributed by atoms with Gasteiger partial charge in [0.25, 0.3) is 0 Å². The molecule has 1 saturated heterocycles. The summed E-state index contributed by atoms with van der Waals surface area (Å²) < 4.78 is 5.96. The third kappa shape index (κ3) is 5.94. The molecule has 0 saturated carbocycles. The molecule has 1 aliphatic rings. The van der Waals surface area contributed by atoms with E-state index in [1.807, 2.05) is 0 Å². The minimum atomic E-state index is 0.496. The molecule has 0 amide bonds. The van der Waals surface area contributed by atoms with Gasteiger partial charge in [0.05, 0.1) is 6.10 Å². The first-order valence-electron chi connectivity index (χ1n) is 7.54. The van der Waals surface area contributed by atoms with Crippen LogP contribution in [0.3, 0.4) is 0 Å². The molecule has 2 nitrogen and oxygen atoms in total. The SMILES string of the molecule is CC(S)CCCOC1CCN([C@@H](C)C(C)C)CC1. The van der Waals surface area contributed by atoms with Crippen LogP contribution in [-0.2, 0) is 4.74 Å². The third-order valence-electron chi connectivity index (χ3n) is 4.14. The minimum absolute atomic E-state index is 0.496. The van der Waals surface area contributed by atoms with Crippen molar-refractivity contribution >= 4 is 12.6 Å². The third-order valence-corrected chi connectivity index (χ3v) is 4.40. The normalized spacial score (nSPS) is 22.3. The van der Waals surface area contributed by atoms with Crippen LogP contribution in [0.5, 0.6) is 0 Å². The van der Waals surface area contributed by atoms with E-state index >= 15 is 0 Å². The Labute approximate surface area is 119 Å². The predicted octanol–water partition coefficient (Wildman–Crippen LogP) is 3.61. The van der Waals surface area contributed by atoms with Crippen LogP contribution in [-0.4, -0.2) is 42.0 Å². The highest BCUT2D eigenvalue weighted by Gasteiger charge is 2.24. The Morgan fingerprint density at radius 1 is 1.17 bits per heavy atom. The molecule has 0 bridgehead atoms. The van der Waals surface area contributed by atoms with E-state index in [0.717, 1.165) is 25.4 Å². The molecule has 3 heteroatoms. The minimum Gasteiger partial charge on any atom is -0.378 e. The Bertz CT molecular complexity index is 213. The number of hydrogen-bond donors (Lipinski definition) is 1. The van der Waals surface area contributed by atoms with Crippen LogP contribution >= 0.6 is 12.6 Å². The maximum absolute atomic E-state index is 5.96. The fourth-order valence-electron chi connectivity index (χ4n) is 2.50. The summed E-state index contributed by atoms with van der Waals surface area (Å²) in [5, 5.41) is 0.502. The zero-order valence-corrected chi connectivity index (χ0v) is 13.5. The lowest BCUT2D eigenvalue weighted by Crippen LogP contribution is -2.44. The second-order valence-corrected chi connectivity index (χ2v) is 6.96. The Kier molecular flexibility index (Phi) is 7.66. The van der Waals surface area contributed by atoms with E-state index in [9.17, 15) is 0 Å². The van der Waals surface area contributed by atoms with E-state index < -0.39 is 0 Å². The number of thiol groups is 1. The lowest BCUT2D eigenvalue weighted by atomic mass is 10.00. The van der Waals surface area contributed by atoms with Crippen molar-refractivity contribution < 1.29 is 4.74 Å². The lowest BCUT2D eigenvalue weighted by molar-refractivity contribution is -0.00594. The maximum atomic E-state index is 5.96. The summed E-state index contributed by atoms with van der Waals surface area (Å²) in [7, 11) is 0. The average Bonchev–Trinajstić information content (AvgIpc) is 2.34. The van der Waals surface area contributed by atoms with Crippen molar-refractivity contribution in [3.05, 3.63) is 0 Å². The molecule has 0 N–H and O–H groups in total. The lowest BCUT2D eigenvalue weighted by Gasteiger charge is -2.37. The van der Waals surface area contributed by atoms with Gasteiger partial charge in [-0.15, -0.1) is 0 Å². The monoisotopic (exact) mass is 273 g/mol. The van der Waals surface area contributed by atoms with Gasteiger partial charge in [-0.3, -0.25) is 0 Å². The van der Waals surface area contributed by atoms with E-state index in [0.29, 0.717) is 17.4 Å². The Morgan fingerprint density at radius 2 is 1.78 bits per heavy atom. The topological polar surface area (TPSA) is 12.5 Å². The Morgan fingerprint density at radius 3 is 2.28 bits per heavy atom. The molecule has 0 aromatic heterocycles. The summed E-state index contributed by atoms with van der Waals surface area (Å²) in [6, 6.07) is 0.705. The second-order valence-electron chi connectivity index (χ2n) is 6.08. The first-order chi connectivity index (χ1) is 8.50. The number of rotatable bonds is 7. The quantitative estimate of drug-likeness (QED) is 0.562. The maximum Gasteiger partial charge on any atom is 0.0599 e. The summed E-state index contributed by atoms with van der Waals surface area (Å²) in [6.45, 7) is 12.4. The molecular formula is C15H31NOS. The molecule has 0 radical (unpaired) electrons. The van der Waals surface area contributed by atoms with Crippen LogP contribution in [0.4, 0.5) is 0 Å². The molecule has 1 unspecified atom stereocenters. The average molecular weight is 273 g/mol. The Hall–Kier alpha value is 0.270. The van der Waals surface area contributed by atoms with E-state index in [4.69, 9.17) is 4.74 Å². The Balaban J connectivity index is 2.12. The van der Waals surface area contributed by atoms with Gasteiger partial charge in [-0.25, -0.2) is 0 Å². The van der Waals surface area contributed by atoms with Gasteiger partial charge in [0.2, 0.25) is 0 Å². The van der Waals surface area contributed by atoms with Crippen molar-refractivity contribution in [1.29, 1.82) is 0 Å². The van der Waals surface area contributed by atoms with Crippen molar-refractivity contribution in [2.45, 2.75) is 70.8 Å². The summed E-state index contributed by atoms with van der Waals surface area (Å²) >= 11 is 4.39. The number of likely N-dealkylation sites (tertiary alicyclic amines) is 1. The van der Waals surface area contributed by atoms with E-state index in [2.05, 4.69) is 45.2 Å². The van der Waals surface area contributed by atoms with Crippen LogP contribution in [0.25, 0.3) is 0 Å². The van der Waals surface area contributed by atoms with Crippen LogP contribution in [0.15, 0.2) is 0 Å². The van der Waals surface area contributed by atoms with E-state index in [1.165, 1.54) is 25.9 Å². The highest BCUT2D eigenvalue weighted by Crippen LogP contribution is 2.19. The zero-order chi connectivity index (χ0) is 13.5. The molecule has 2 atom stereocenters. The molecule has 1 rings (SSSR count). The fraction of sp³-hybridized carbons (Fsp3) is 1.00. The van der Waals surface area contributed by atoms with E-state index in [-0.39, 0.29) is 0 Å². The van der Waals surface area contributed by atoms with Crippen LogP contribution in [0.1, 0.15) is 53.4 Å². The molecule has 108 valence electrons. The second kappa shape index (κ2) is 8.44. The van der Waals surface area contributed by atoms with Crippen LogP contribution in [0.2, 0.25) is 0 Å². The molecule has 1 heterocycles. The van der Waals surface area contributed by atoms with Gasteiger partial charge in [-0.1, -0.05) is 20.8 Å². The smallest absolute Gasteiger partial charge is 0.0599 e. The van der Waals surface area contributed by atoms with Crippen molar-refractivity contribution in [3.8, 4) is 0 Å².